The molecule has 0 saturated carbocycles. The van der Waals surface area contributed by atoms with Crippen molar-refractivity contribution in [1.29, 1.82) is 0 Å². The number of carboxylic acid groups (broad SMARTS) is 1. The molecule has 19 heavy (non-hydrogen) atoms. The minimum Gasteiger partial charge on any atom is -0.481 e. The van der Waals surface area contributed by atoms with E-state index < -0.39 is 5.97 Å². The van der Waals surface area contributed by atoms with Crippen molar-refractivity contribution in [3.05, 3.63) is 34.3 Å². The number of carboxylic acids is 1. The first-order valence-electron chi connectivity index (χ1n) is 6.19. The van der Waals surface area contributed by atoms with Crippen LogP contribution in [0.1, 0.15) is 35.7 Å². The zero-order valence-corrected chi connectivity index (χ0v) is 11.8. The third-order valence-corrected chi connectivity index (χ3v) is 3.20. The van der Waals surface area contributed by atoms with Crippen molar-refractivity contribution in [2.75, 3.05) is 6.54 Å². The lowest BCUT2D eigenvalue weighted by atomic mass is 10.1. The van der Waals surface area contributed by atoms with Crippen LogP contribution in [0.5, 0.6) is 0 Å². The number of aryl methyl sites for hydroxylation is 1. The molecule has 0 aromatic heterocycles. The molecule has 5 heteroatoms. The first-order chi connectivity index (χ1) is 8.91. The van der Waals surface area contributed by atoms with Gasteiger partial charge in [-0.2, -0.15) is 0 Å². The number of carbonyl (C=O) groups excluding carboxylic acids is 1. The lowest BCUT2D eigenvalue weighted by molar-refractivity contribution is -0.141. The molecule has 0 aliphatic rings. The van der Waals surface area contributed by atoms with E-state index in [-0.39, 0.29) is 11.8 Å². The van der Waals surface area contributed by atoms with Gasteiger partial charge in [0, 0.05) is 6.54 Å². The van der Waals surface area contributed by atoms with Gasteiger partial charge < -0.3 is 10.4 Å². The Bertz CT molecular complexity index is 474. The summed E-state index contributed by atoms with van der Waals surface area (Å²) < 4.78 is 0. The SMILES string of the molecule is Cc1ccc(C(=O)NCCCC(C)C(=O)O)c(Cl)c1. The number of carbonyl (C=O) groups is 2. The van der Waals surface area contributed by atoms with Crippen molar-refractivity contribution < 1.29 is 14.7 Å². The molecule has 0 bridgehead atoms. The van der Waals surface area contributed by atoms with Crippen LogP contribution in [0.15, 0.2) is 18.2 Å². The van der Waals surface area contributed by atoms with Gasteiger partial charge in [-0.25, -0.2) is 0 Å². The number of nitrogens with one attached hydrogen (secondary N) is 1. The average Bonchev–Trinajstić information content (AvgIpc) is 2.33. The van der Waals surface area contributed by atoms with Crippen LogP contribution in [0.2, 0.25) is 5.02 Å². The fourth-order valence-corrected chi connectivity index (χ4v) is 1.95. The molecule has 2 N–H and O–H groups in total. The largest absolute Gasteiger partial charge is 0.481 e. The lowest BCUT2D eigenvalue weighted by Gasteiger charge is -2.08. The molecule has 4 nitrogen and oxygen atoms in total. The average molecular weight is 284 g/mol. The van der Waals surface area contributed by atoms with E-state index in [1.54, 1.807) is 19.1 Å². The Kier molecular flexibility index (Phi) is 5.83. The Morgan fingerprint density at radius 3 is 2.68 bits per heavy atom. The normalized spacial score (nSPS) is 11.9. The summed E-state index contributed by atoms with van der Waals surface area (Å²) in [6, 6.07) is 5.25. The highest BCUT2D eigenvalue weighted by molar-refractivity contribution is 6.33. The second-order valence-corrected chi connectivity index (χ2v) is 5.03. The van der Waals surface area contributed by atoms with Gasteiger partial charge in [0.2, 0.25) is 0 Å². The lowest BCUT2D eigenvalue weighted by Crippen LogP contribution is -2.25. The van der Waals surface area contributed by atoms with Gasteiger partial charge in [0.05, 0.1) is 16.5 Å². The maximum atomic E-state index is 11.8. The van der Waals surface area contributed by atoms with Gasteiger partial charge in [0.1, 0.15) is 0 Å². The Labute approximate surface area is 117 Å². The third kappa shape index (κ3) is 4.91. The quantitative estimate of drug-likeness (QED) is 0.789. The highest BCUT2D eigenvalue weighted by atomic mass is 35.5. The molecule has 0 saturated heterocycles. The molecule has 0 aliphatic heterocycles. The molecule has 0 radical (unpaired) electrons. The minimum atomic E-state index is -0.812. The standard InChI is InChI=1S/C14H18ClNO3/c1-9-5-6-11(12(15)8-9)13(17)16-7-3-4-10(2)14(18)19/h5-6,8,10H,3-4,7H2,1-2H3,(H,16,17)(H,18,19). The van der Waals surface area contributed by atoms with Crippen LogP contribution in [-0.2, 0) is 4.79 Å². The van der Waals surface area contributed by atoms with Crippen molar-refractivity contribution in [2.24, 2.45) is 5.92 Å². The molecule has 1 unspecified atom stereocenters. The molecule has 1 aromatic rings. The third-order valence-electron chi connectivity index (χ3n) is 2.89. The molecule has 0 heterocycles. The van der Waals surface area contributed by atoms with Gasteiger partial charge in [-0.05, 0) is 37.5 Å². The number of halogens is 1. The van der Waals surface area contributed by atoms with Crippen LogP contribution >= 0.6 is 11.6 Å². The van der Waals surface area contributed by atoms with Crippen LogP contribution in [0.4, 0.5) is 0 Å². The summed E-state index contributed by atoms with van der Waals surface area (Å²) >= 11 is 5.99. The number of hydrogen-bond acceptors (Lipinski definition) is 2. The van der Waals surface area contributed by atoms with Crippen molar-refractivity contribution in [3.63, 3.8) is 0 Å². The fraction of sp³-hybridized carbons (Fsp3) is 0.429. The van der Waals surface area contributed by atoms with Crippen molar-refractivity contribution >= 4 is 23.5 Å². The number of benzene rings is 1. The molecule has 1 aromatic carbocycles. The first-order valence-corrected chi connectivity index (χ1v) is 6.56. The molecule has 0 aliphatic carbocycles. The van der Waals surface area contributed by atoms with Gasteiger partial charge >= 0.3 is 5.97 Å². The van der Waals surface area contributed by atoms with Crippen molar-refractivity contribution in [1.82, 2.24) is 5.32 Å². The van der Waals surface area contributed by atoms with Crippen molar-refractivity contribution in [2.45, 2.75) is 26.7 Å². The van der Waals surface area contributed by atoms with Gasteiger partial charge in [-0.15, -0.1) is 0 Å². The first kappa shape index (κ1) is 15.5. The summed E-state index contributed by atoms with van der Waals surface area (Å²) in [6.45, 7) is 4.00. The Balaban J connectivity index is 2.41. The summed E-state index contributed by atoms with van der Waals surface area (Å²) in [7, 11) is 0. The molecular formula is C14H18ClNO3. The Morgan fingerprint density at radius 2 is 2.11 bits per heavy atom. The molecule has 0 fully saturated rings. The Hall–Kier alpha value is -1.55. The van der Waals surface area contributed by atoms with E-state index in [1.807, 2.05) is 13.0 Å². The smallest absolute Gasteiger partial charge is 0.306 e. The van der Waals surface area contributed by atoms with E-state index >= 15 is 0 Å². The number of aliphatic carboxylic acids is 1. The van der Waals surface area contributed by atoms with Gasteiger partial charge in [-0.3, -0.25) is 9.59 Å². The zero-order valence-electron chi connectivity index (χ0n) is 11.1. The summed E-state index contributed by atoms with van der Waals surface area (Å²) in [5.74, 6) is -1.43. The number of amides is 1. The fourth-order valence-electron chi connectivity index (χ4n) is 1.63. The van der Waals surface area contributed by atoms with Crippen LogP contribution in [0.25, 0.3) is 0 Å². The zero-order chi connectivity index (χ0) is 14.4. The summed E-state index contributed by atoms with van der Waals surface area (Å²) in [5.41, 5.74) is 1.44. The second-order valence-electron chi connectivity index (χ2n) is 4.62. The summed E-state index contributed by atoms with van der Waals surface area (Å²) in [5, 5.41) is 11.9. The van der Waals surface area contributed by atoms with E-state index in [0.717, 1.165) is 5.56 Å². The highest BCUT2D eigenvalue weighted by Crippen LogP contribution is 2.17. The number of rotatable bonds is 6. The predicted octanol–water partition coefficient (Wildman–Crippen LogP) is 2.88. The molecule has 104 valence electrons. The van der Waals surface area contributed by atoms with E-state index in [1.165, 1.54) is 0 Å². The molecule has 1 amide bonds. The molecule has 1 rings (SSSR count). The van der Waals surface area contributed by atoms with E-state index in [2.05, 4.69) is 5.32 Å². The number of hydrogen-bond donors (Lipinski definition) is 2. The van der Waals surface area contributed by atoms with Crippen LogP contribution < -0.4 is 5.32 Å². The predicted molar refractivity (Wildman–Crippen MR) is 74.6 cm³/mol. The van der Waals surface area contributed by atoms with E-state index in [0.29, 0.717) is 30.0 Å². The highest BCUT2D eigenvalue weighted by Gasteiger charge is 2.12. The van der Waals surface area contributed by atoms with Crippen LogP contribution in [0.3, 0.4) is 0 Å². The molecule has 0 spiro atoms. The van der Waals surface area contributed by atoms with Gasteiger partial charge in [0.15, 0.2) is 0 Å². The molecule has 1 atom stereocenters. The Morgan fingerprint density at radius 1 is 1.42 bits per heavy atom. The summed E-state index contributed by atoms with van der Waals surface area (Å²) in [6.07, 6.45) is 1.17. The minimum absolute atomic E-state index is 0.229. The maximum Gasteiger partial charge on any atom is 0.306 e. The second kappa shape index (κ2) is 7.14. The van der Waals surface area contributed by atoms with Crippen molar-refractivity contribution in [3.8, 4) is 0 Å². The van der Waals surface area contributed by atoms with E-state index in [9.17, 15) is 9.59 Å². The topological polar surface area (TPSA) is 66.4 Å². The van der Waals surface area contributed by atoms with Crippen LogP contribution in [0, 0.1) is 12.8 Å². The van der Waals surface area contributed by atoms with E-state index in [4.69, 9.17) is 16.7 Å². The monoisotopic (exact) mass is 283 g/mol. The summed E-state index contributed by atoms with van der Waals surface area (Å²) in [4.78, 5) is 22.5. The molecular weight excluding hydrogens is 266 g/mol. The maximum absolute atomic E-state index is 11.8. The van der Waals surface area contributed by atoms with Crippen LogP contribution in [-0.4, -0.2) is 23.5 Å². The van der Waals surface area contributed by atoms with Gasteiger partial charge in [0.25, 0.3) is 5.91 Å². The van der Waals surface area contributed by atoms with Gasteiger partial charge in [-0.1, -0.05) is 24.6 Å².